The summed E-state index contributed by atoms with van der Waals surface area (Å²) in [7, 11) is 0. The van der Waals surface area contributed by atoms with Crippen molar-refractivity contribution in [2.75, 3.05) is 24.6 Å². The molecule has 4 rings (SSSR count). The van der Waals surface area contributed by atoms with Crippen molar-refractivity contribution in [3.05, 3.63) is 29.3 Å². The average molecular weight is 401 g/mol. The van der Waals surface area contributed by atoms with E-state index in [0.29, 0.717) is 22.0 Å². The lowest BCUT2D eigenvalue weighted by Crippen LogP contribution is -2.36. The number of carbonyl (C=O) groups excluding carboxylic acids is 1. The van der Waals surface area contributed by atoms with Crippen LogP contribution in [0.4, 0.5) is 5.69 Å². The van der Waals surface area contributed by atoms with Gasteiger partial charge in [0.05, 0.1) is 24.2 Å². The van der Waals surface area contributed by atoms with Gasteiger partial charge in [-0.15, -0.1) is 11.3 Å². The smallest absolute Gasteiger partial charge is 0.263 e. The van der Waals surface area contributed by atoms with E-state index in [0.717, 1.165) is 29.7 Å². The van der Waals surface area contributed by atoms with Gasteiger partial charge < -0.3 is 19.8 Å². The van der Waals surface area contributed by atoms with Crippen LogP contribution in [0.5, 0.6) is 0 Å². The molecular weight excluding hydrogens is 376 g/mol. The highest BCUT2D eigenvalue weighted by atomic mass is 32.1. The number of aromatic nitrogens is 2. The second-order valence-electron chi connectivity index (χ2n) is 7.05. The van der Waals surface area contributed by atoms with Gasteiger partial charge in [0, 0.05) is 24.8 Å². The Morgan fingerprint density at radius 3 is 2.93 bits per heavy atom. The van der Waals surface area contributed by atoms with Gasteiger partial charge in [-0.3, -0.25) is 4.79 Å². The summed E-state index contributed by atoms with van der Waals surface area (Å²) in [6.45, 7) is 3.98. The Bertz CT molecular complexity index is 957. The number of carbonyl (C=O) groups is 1. The second-order valence-corrected chi connectivity index (χ2v) is 8.08. The molecule has 1 amide bonds. The summed E-state index contributed by atoms with van der Waals surface area (Å²) in [5.74, 6) is -0.232. The van der Waals surface area contributed by atoms with Gasteiger partial charge in [0.2, 0.25) is 0 Å². The Kier molecular flexibility index (Phi) is 5.59. The second kappa shape index (κ2) is 8.28. The van der Waals surface area contributed by atoms with Crippen molar-refractivity contribution in [3.8, 4) is 10.7 Å². The maximum absolute atomic E-state index is 12.3. The van der Waals surface area contributed by atoms with Crippen molar-refractivity contribution < 1.29 is 14.4 Å². The first-order valence-electron chi connectivity index (χ1n) is 9.72. The third kappa shape index (κ3) is 3.74. The SMILES string of the molecule is CCC(CO)NC(=O)c1cnc(-c2noc3cc(N4CCCCC4)ccc23)s1. The van der Waals surface area contributed by atoms with E-state index in [2.05, 4.69) is 26.4 Å². The van der Waals surface area contributed by atoms with Gasteiger partial charge >= 0.3 is 0 Å². The lowest BCUT2D eigenvalue weighted by Gasteiger charge is -2.28. The minimum atomic E-state index is -0.251. The van der Waals surface area contributed by atoms with E-state index in [-0.39, 0.29) is 18.6 Å². The van der Waals surface area contributed by atoms with E-state index in [1.807, 2.05) is 19.1 Å². The van der Waals surface area contributed by atoms with Crippen LogP contribution in [-0.2, 0) is 0 Å². The van der Waals surface area contributed by atoms with Crippen LogP contribution >= 0.6 is 11.3 Å². The van der Waals surface area contributed by atoms with Crippen LogP contribution in [-0.4, -0.2) is 46.9 Å². The number of nitrogens with zero attached hydrogens (tertiary/aromatic N) is 3. The van der Waals surface area contributed by atoms with Gasteiger partial charge in [-0.2, -0.15) is 0 Å². The van der Waals surface area contributed by atoms with Gasteiger partial charge in [-0.1, -0.05) is 12.1 Å². The molecule has 1 fully saturated rings. The number of anilines is 1. The lowest BCUT2D eigenvalue weighted by atomic mass is 10.1. The number of hydrogen-bond donors (Lipinski definition) is 2. The van der Waals surface area contributed by atoms with E-state index in [9.17, 15) is 9.90 Å². The van der Waals surface area contributed by atoms with Gasteiger partial charge in [-0.25, -0.2) is 4.98 Å². The zero-order valence-electron chi connectivity index (χ0n) is 15.9. The van der Waals surface area contributed by atoms with Crippen molar-refractivity contribution in [1.82, 2.24) is 15.5 Å². The number of fused-ring (bicyclic) bond motifs is 1. The maximum Gasteiger partial charge on any atom is 0.263 e. The predicted octanol–water partition coefficient (Wildman–Crippen LogP) is 3.44. The fourth-order valence-electron chi connectivity index (χ4n) is 3.45. The average Bonchev–Trinajstić information content (AvgIpc) is 3.39. The number of rotatable bonds is 6. The summed E-state index contributed by atoms with van der Waals surface area (Å²) in [6.07, 6.45) is 5.95. The predicted molar refractivity (Wildman–Crippen MR) is 110 cm³/mol. The van der Waals surface area contributed by atoms with Gasteiger partial charge in [0.25, 0.3) is 5.91 Å². The number of aliphatic hydroxyl groups is 1. The van der Waals surface area contributed by atoms with E-state index < -0.39 is 0 Å². The Balaban J connectivity index is 1.56. The minimum Gasteiger partial charge on any atom is -0.394 e. The monoisotopic (exact) mass is 400 g/mol. The molecule has 2 aromatic heterocycles. The van der Waals surface area contributed by atoms with Crippen molar-refractivity contribution in [2.45, 2.75) is 38.6 Å². The fraction of sp³-hybridized carbons (Fsp3) is 0.450. The standard InChI is InChI=1S/C20H24N4O3S/c1-2-13(12-25)22-19(26)17-11-21-20(28-17)18-15-7-6-14(10-16(15)27-23-18)24-8-4-3-5-9-24/h6-7,10-11,13,25H,2-5,8-9,12H2,1H3,(H,22,26). The third-order valence-electron chi connectivity index (χ3n) is 5.16. The summed E-state index contributed by atoms with van der Waals surface area (Å²) in [5, 5.41) is 17.8. The fourth-order valence-corrected chi connectivity index (χ4v) is 4.27. The molecule has 0 bridgehead atoms. The molecule has 3 aromatic rings. The molecule has 2 N–H and O–H groups in total. The van der Waals surface area contributed by atoms with E-state index in [4.69, 9.17) is 4.52 Å². The van der Waals surface area contributed by atoms with Gasteiger partial charge in [-0.05, 0) is 37.8 Å². The highest BCUT2D eigenvalue weighted by Gasteiger charge is 2.19. The van der Waals surface area contributed by atoms with Crippen molar-refractivity contribution >= 4 is 33.9 Å². The Hall–Kier alpha value is -2.45. The van der Waals surface area contributed by atoms with Gasteiger partial charge in [0.15, 0.2) is 5.58 Å². The molecular formula is C20H24N4O3S. The number of hydrogen-bond acceptors (Lipinski definition) is 7. The first-order valence-corrected chi connectivity index (χ1v) is 10.5. The number of nitrogens with one attached hydrogen (secondary N) is 1. The van der Waals surface area contributed by atoms with Crippen LogP contribution < -0.4 is 10.2 Å². The molecule has 0 aliphatic carbocycles. The molecule has 1 aliphatic rings. The molecule has 1 aromatic carbocycles. The Labute approximate surface area is 167 Å². The molecule has 1 saturated heterocycles. The third-order valence-corrected chi connectivity index (χ3v) is 6.16. The maximum atomic E-state index is 12.3. The van der Waals surface area contributed by atoms with Crippen LogP contribution in [0.2, 0.25) is 0 Å². The number of thiazole rings is 1. The zero-order chi connectivity index (χ0) is 19.5. The molecule has 1 atom stereocenters. The number of amides is 1. The molecule has 0 saturated carbocycles. The summed E-state index contributed by atoms with van der Waals surface area (Å²) in [6, 6.07) is 5.90. The van der Waals surface area contributed by atoms with Crippen molar-refractivity contribution in [1.29, 1.82) is 0 Å². The van der Waals surface area contributed by atoms with Crippen molar-refractivity contribution in [3.63, 3.8) is 0 Å². The number of piperidine rings is 1. The van der Waals surface area contributed by atoms with Crippen LogP contribution in [0.3, 0.4) is 0 Å². The van der Waals surface area contributed by atoms with Crippen LogP contribution in [0.1, 0.15) is 42.3 Å². The van der Waals surface area contributed by atoms with Gasteiger partial charge in [0.1, 0.15) is 15.6 Å². The van der Waals surface area contributed by atoms with Crippen molar-refractivity contribution in [2.24, 2.45) is 0 Å². The Morgan fingerprint density at radius 2 is 2.18 bits per heavy atom. The molecule has 1 unspecified atom stereocenters. The van der Waals surface area contributed by atoms with Crippen LogP contribution in [0, 0.1) is 0 Å². The molecule has 1 aliphatic heterocycles. The normalized spacial score (nSPS) is 15.7. The molecule has 0 spiro atoms. The highest BCUT2D eigenvalue weighted by Crippen LogP contribution is 2.33. The Morgan fingerprint density at radius 1 is 1.36 bits per heavy atom. The molecule has 3 heterocycles. The van der Waals surface area contributed by atoms with E-state index in [1.54, 1.807) is 6.20 Å². The summed E-state index contributed by atoms with van der Waals surface area (Å²) < 4.78 is 5.56. The van der Waals surface area contributed by atoms with Crippen LogP contribution in [0.15, 0.2) is 28.9 Å². The van der Waals surface area contributed by atoms with E-state index >= 15 is 0 Å². The molecule has 0 radical (unpaired) electrons. The summed E-state index contributed by atoms with van der Waals surface area (Å²) in [5.41, 5.74) is 2.53. The molecule has 28 heavy (non-hydrogen) atoms. The topological polar surface area (TPSA) is 91.5 Å². The first kappa shape index (κ1) is 18.9. The lowest BCUT2D eigenvalue weighted by molar-refractivity contribution is 0.0919. The largest absolute Gasteiger partial charge is 0.394 e. The van der Waals surface area contributed by atoms with Crippen LogP contribution in [0.25, 0.3) is 21.7 Å². The number of aliphatic hydroxyl groups excluding tert-OH is 1. The minimum absolute atomic E-state index is 0.0822. The summed E-state index contributed by atoms with van der Waals surface area (Å²) >= 11 is 1.27. The zero-order valence-corrected chi connectivity index (χ0v) is 16.7. The quantitative estimate of drug-likeness (QED) is 0.659. The molecule has 8 heteroatoms. The van der Waals surface area contributed by atoms with E-state index in [1.165, 1.54) is 30.6 Å². The molecule has 7 nitrogen and oxygen atoms in total. The first-order chi connectivity index (χ1) is 13.7. The highest BCUT2D eigenvalue weighted by molar-refractivity contribution is 7.17. The molecule has 148 valence electrons. The summed E-state index contributed by atoms with van der Waals surface area (Å²) in [4.78, 5) is 19.6. The number of benzene rings is 1.